The highest BCUT2D eigenvalue weighted by atomic mass is 32.2. The maximum Gasteiger partial charge on any atom is 0.247 e. The zero-order chi connectivity index (χ0) is 13.3. The van der Waals surface area contributed by atoms with E-state index in [1.54, 1.807) is 11.2 Å². The van der Waals surface area contributed by atoms with Crippen molar-refractivity contribution in [1.82, 2.24) is 14.5 Å². The Hall–Kier alpha value is -0.920. The van der Waals surface area contributed by atoms with Gasteiger partial charge in [0, 0.05) is 19.1 Å². The number of aromatic nitrogens is 2. The Balaban J connectivity index is 2.45. The highest BCUT2D eigenvalue weighted by Gasteiger charge is 2.37. The first-order valence-electron chi connectivity index (χ1n) is 6.28. The molecule has 6 nitrogen and oxygen atoms in total. The fraction of sp³-hybridized carbons (Fsp3) is 0.727. The molecular weight excluding hydrogens is 252 g/mol. The Morgan fingerprint density at radius 2 is 2.28 bits per heavy atom. The van der Waals surface area contributed by atoms with Gasteiger partial charge in [-0.05, 0) is 26.2 Å². The van der Waals surface area contributed by atoms with Gasteiger partial charge < -0.3 is 5.73 Å². The van der Waals surface area contributed by atoms with Crippen molar-refractivity contribution in [1.29, 1.82) is 0 Å². The SMILES string of the molecule is CCC1CCCN1S(=O)(=O)c1c(CN)n[nH]c1C. The van der Waals surface area contributed by atoms with Crippen LogP contribution in [0.1, 0.15) is 37.6 Å². The number of nitrogens with two attached hydrogens (primary N) is 1. The van der Waals surface area contributed by atoms with Crippen LogP contribution < -0.4 is 5.73 Å². The lowest BCUT2D eigenvalue weighted by molar-refractivity contribution is 0.379. The third-order valence-corrected chi connectivity index (χ3v) is 5.67. The van der Waals surface area contributed by atoms with Crippen molar-refractivity contribution in [3.8, 4) is 0 Å². The van der Waals surface area contributed by atoms with Crippen LogP contribution in [-0.2, 0) is 16.6 Å². The average Bonchev–Trinajstić information content (AvgIpc) is 2.94. The summed E-state index contributed by atoms with van der Waals surface area (Å²) in [6.45, 7) is 4.46. The van der Waals surface area contributed by atoms with E-state index in [2.05, 4.69) is 10.2 Å². The second kappa shape index (κ2) is 4.99. The lowest BCUT2D eigenvalue weighted by atomic mass is 10.2. The molecule has 0 amide bonds. The first-order valence-corrected chi connectivity index (χ1v) is 7.72. The lowest BCUT2D eigenvalue weighted by Crippen LogP contribution is -2.35. The monoisotopic (exact) mass is 272 g/mol. The summed E-state index contributed by atoms with van der Waals surface area (Å²) < 4.78 is 27.0. The molecular formula is C11H20N4O2S. The predicted molar refractivity (Wildman–Crippen MR) is 68.4 cm³/mol. The number of H-pyrrole nitrogens is 1. The molecule has 1 aliphatic rings. The van der Waals surface area contributed by atoms with E-state index >= 15 is 0 Å². The van der Waals surface area contributed by atoms with Crippen LogP contribution in [0.3, 0.4) is 0 Å². The van der Waals surface area contributed by atoms with E-state index in [4.69, 9.17) is 5.73 Å². The minimum Gasteiger partial charge on any atom is -0.325 e. The zero-order valence-electron chi connectivity index (χ0n) is 10.8. The molecule has 1 unspecified atom stereocenters. The van der Waals surface area contributed by atoms with E-state index in [0.717, 1.165) is 19.3 Å². The Morgan fingerprint density at radius 3 is 2.89 bits per heavy atom. The largest absolute Gasteiger partial charge is 0.325 e. The van der Waals surface area contributed by atoms with Crippen molar-refractivity contribution in [2.45, 2.75) is 50.6 Å². The summed E-state index contributed by atoms with van der Waals surface area (Å²) in [5, 5.41) is 6.68. The van der Waals surface area contributed by atoms with E-state index in [1.807, 2.05) is 6.92 Å². The summed E-state index contributed by atoms with van der Waals surface area (Å²) in [5.74, 6) is 0. The molecule has 0 radical (unpaired) electrons. The van der Waals surface area contributed by atoms with Crippen molar-refractivity contribution in [3.63, 3.8) is 0 Å². The van der Waals surface area contributed by atoms with E-state index in [-0.39, 0.29) is 17.5 Å². The van der Waals surface area contributed by atoms with Gasteiger partial charge in [0.15, 0.2) is 0 Å². The maximum absolute atomic E-state index is 12.7. The third-order valence-electron chi connectivity index (χ3n) is 3.52. The number of nitrogens with zero attached hydrogens (tertiary/aromatic N) is 2. The third kappa shape index (κ3) is 2.06. The van der Waals surface area contributed by atoms with Crippen LogP contribution >= 0.6 is 0 Å². The van der Waals surface area contributed by atoms with Crippen molar-refractivity contribution in [3.05, 3.63) is 11.4 Å². The molecule has 1 fully saturated rings. The molecule has 0 spiro atoms. The van der Waals surface area contributed by atoms with Gasteiger partial charge >= 0.3 is 0 Å². The standard InChI is InChI=1S/C11H20N4O2S/c1-3-9-5-4-6-15(9)18(16,17)11-8(2)13-14-10(11)7-12/h9H,3-7,12H2,1-2H3,(H,13,14). The van der Waals surface area contributed by atoms with E-state index in [9.17, 15) is 8.42 Å². The Kier molecular flexibility index (Phi) is 3.74. The number of aromatic amines is 1. The van der Waals surface area contributed by atoms with Crippen molar-refractivity contribution in [2.24, 2.45) is 5.73 Å². The summed E-state index contributed by atoms with van der Waals surface area (Å²) in [4.78, 5) is 0.269. The Labute approximate surface area is 108 Å². The second-order valence-electron chi connectivity index (χ2n) is 4.65. The van der Waals surface area contributed by atoms with Gasteiger partial charge in [0.1, 0.15) is 4.90 Å². The van der Waals surface area contributed by atoms with Gasteiger partial charge in [-0.1, -0.05) is 6.92 Å². The zero-order valence-corrected chi connectivity index (χ0v) is 11.6. The van der Waals surface area contributed by atoms with Gasteiger partial charge in [0.25, 0.3) is 0 Å². The molecule has 2 rings (SSSR count). The van der Waals surface area contributed by atoms with Crippen LogP contribution in [0, 0.1) is 6.92 Å². The first kappa shape index (κ1) is 13.5. The quantitative estimate of drug-likeness (QED) is 0.845. The first-order chi connectivity index (χ1) is 8.52. The average molecular weight is 272 g/mol. The maximum atomic E-state index is 12.7. The van der Waals surface area contributed by atoms with Crippen LogP contribution in [0.15, 0.2) is 4.90 Å². The van der Waals surface area contributed by atoms with Gasteiger partial charge in [-0.3, -0.25) is 5.10 Å². The Bertz CT molecular complexity index is 523. The molecule has 1 atom stereocenters. The van der Waals surface area contributed by atoms with Crippen molar-refractivity contribution < 1.29 is 8.42 Å². The highest BCUT2D eigenvalue weighted by molar-refractivity contribution is 7.89. The van der Waals surface area contributed by atoms with Crippen LogP contribution in [0.25, 0.3) is 0 Å². The minimum absolute atomic E-state index is 0.106. The molecule has 2 heterocycles. The van der Waals surface area contributed by atoms with E-state index in [1.165, 1.54) is 0 Å². The summed E-state index contributed by atoms with van der Waals surface area (Å²) in [6.07, 6.45) is 2.70. The number of sulfonamides is 1. The summed E-state index contributed by atoms with van der Waals surface area (Å²) in [6, 6.07) is 0.106. The van der Waals surface area contributed by atoms with Crippen LogP contribution in [0.4, 0.5) is 0 Å². The molecule has 0 aliphatic carbocycles. The van der Waals surface area contributed by atoms with Gasteiger partial charge in [-0.2, -0.15) is 9.40 Å². The number of rotatable bonds is 4. The second-order valence-corrected chi connectivity index (χ2v) is 6.48. The van der Waals surface area contributed by atoms with E-state index < -0.39 is 10.0 Å². The number of hydrogen-bond acceptors (Lipinski definition) is 4. The minimum atomic E-state index is -3.47. The molecule has 18 heavy (non-hydrogen) atoms. The molecule has 0 bridgehead atoms. The van der Waals surface area contributed by atoms with Crippen LogP contribution in [0.5, 0.6) is 0 Å². The molecule has 7 heteroatoms. The van der Waals surface area contributed by atoms with Gasteiger partial charge in [0.05, 0.1) is 11.4 Å². The molecule has 3 N–H and O–H groups in total. The van der Waals surface area contributed by atoms with Gasteiger partial charge in [-0.25, -0.2) is 8.42 Å². The number of hydrogen-bond donors (Lipinski definition) is 2. The van der Waals surface area contributed by atoms with Crippen molar-refractivity contribution in [2.75, 3.05) is 6.54 Å². The number of aryl methyl sites for hydroxylation is 1. The molecule has 0 saturated carbocycles. The highest BCUT2D eigenvalue weighted by Crippen LogP contribution is 2.30. The van der Waals surface area contributed by atoms with Crippen LogP contribution in [-0.4, -0.2) is 35.5 Å². The predicted octanol–water partition coefficient (Wildman–Crippen LogP) is 0.740. The van der Waals surface area contributed by atoms with Gasteiger partial charge in [-0.15, -0.1) is 0 Å². The fourth-order valence-electron chi connectivity index (χ4n) is 2.60. The molecule has 1 aliphatic heterocycles. The lowest BCUT2D eigenvalue weighted by Gasteiger charge is -2.23. The van der Waals surface area contributed by atoms with Crippen LogP contribution in [0.2, 0.25) is 0 Å². The smallest absolute Gasteiger partial charge is 0.247 e. The summed E-state index contributed by atoms with van der Waals surface area (Å²) in [5.41, 5.74) is 6.55. The van der Waals surface area contributed by atoms with Crippen molar-refractivity contribution >= 4 is 10.0 Å². The molecule has 102 valence electrons. The van der Waals surface area contributed by atoms with E-state index in [0.29, 0.717) is 17.9 Å². The normalized spacial score (nSPS) is 21.6. The topological polar surface area (TPSA) is 92.1 Å². The number of nitrogens with one attached hydrogen (secondary N) is 1. The summed E-state index contributed by atoms with van der Waals surface area (Å²) >= 11 is 0. The van der Waals surface area contributed by atoms with Gasteiger partial charge in [0.2, 0.25) is 10.0 Å². The fourth-order valence-corrected chi connectivity index (χ4v) is 4.71. The molecule has 1 aromatic rings. The summed E-state index contributed by atoms with van der Waals surface area (Å²) in [7, 11) is -3.47. The molecule has 1 aromatic heterocycles. The molecule has 0 aromatic carbocycles. The Morgan fingerprint density at radius 1 is 1.56 bits per heavy atom. The molecule has 1 saturated heterocycles.